The number of rotatable bonds is 3. The molecule has 0 amide bonds. The lowest BCUT2D eigenvalue weighted by molar-refractivity contribution is 0.281. The molecule has 2 aromatic carbocycles. The molecule has 0 aliphatic heterocycles. The Morgan fingerprint density at radius 3 is 2.61 bits per heavy atom. The first-order valence-corrected chi connectivity index (χ1v) is 6.23. The van der Waals surface area contributed by atoms with Gasteiger partial charge in [0, 0.05) is 4.47 Å². The van der Waals surface area contributed by atoms with Crippen molar-refractivity contribution >= 4 is 15.9 Å². The van der Waals surface area contributed by atoms with Crippen LogP contribution in [0.25, 0.3) is 0 Å². The highest BCUT2D eigenvalue weighted by molar-refractivity contribution is 9.10. The maximum Gasteiger partial charge on any atom is 0.130 e. The van der Waals surface area contributed by atoms with Gasteiger partial charge in [-0.2, -0.15) is 0 Å². The molecule has 0 bridgehead atoms. The van der Waals surface area contributed by atoms with E-state index < -0.39 is 0 Å². The molecule has 1 N–H and O–H groups in total. The number of ether oxygens (including phenoxy) is 1. The van der Waals surface area contributed by atoms with Crippen LogP contribution in [0.2, 0.25) is 0 Å². The number of benzene rings is 2. The van der Waals surface area contributed by atoms with Gasteiger partial charge >= 0.3 is 0 Å². The van der Waals surface area contributed by atoms with Gasteiger partial charge in [0.2, 0.25) is 0 Å². The molecule has 0 heterocycles. The van der Waals surface area contributed by atoms with Gasteiger partial charge in [0.15, 0.2) is 0 Å². The maximum atomic E-state index is 13.0. The Labute approximate surface area is 113 Å². The van der Waals surface area contributed by atoms with Crippen molar-refractivity contribution in [2.24, 2.45) is 0 Å². The Hall–Kier alpha value is -1.39. The number of halogens is 2. The van der Waals surface area contributed by atoms with Crippen molar-refractivity contribution in [3.63, 3.8) is 0 Å². The van der Waals surface area contributed by atoms with E-state index in [9.17, 15) is 4.39 Å². The van der Waals surface area contributed by atoms with Crippen LogP contribution in [0.4, 0.5) is 4.39 Å². The van der Waals surface area contributed by atoms with E-state index in [0.29, 0.717) is 11.5 Å². The summed E-state index contributed by atoms with van der Waals surface area (Å²) in [5.74, 6) is 0.963. The standard InChI is InChI=1S/C14H12BrFO2/c1-9-6-11(16)3-5-14(9)18-12-4-2-10(8-17)13(15)7-12/h2-7,17H,8H2,1H3. The molecular formula is C14H12BrFO2. The van der Waals surface area contributed by atoms with Crippen LogP contribution in [0, 0.1) is 12.7 Å². The first-order chi connectivity index (χ1) is 8.60. The van der Waals surface area contributed by atoms with Gasteiger partial charge in [0.1, 0.15) is 17.3 Å². The van der Waals surface area contributed by atoms with Gasteiger partial charge in [-0.1, -0.05) is 22.0 Å². The predicted molar refractivity (Wildman–Crippen MR) is 71.3 cm³/mol. The highest BCUT2D eigenvalue weighted by Gasteiger charge is 2.05. The van der Waals surface area contributed by atoms with Crippen LogP contribution in [-0.4, -0.2) is 5.11 Å². The van der Waals surface area contributed by atoms with E-state index in [0.717, 1.165) is 15.6 Å². The van der Waals surface area contributed by atoms with Crippen molar-refractivity contribution in [3.8, 4) is 11.5 Å². The summed E-state index contributed by atoms with van der Waals surface area (Å²) in [5, 5.41) is 9.06. The van der Waals surface area contributed by atoms with Gasteiger partial charge in [-0.15, -0.1) is 0 Å². The monoisotopic (exact) mass is 310 g/mol. The minimum absolute atomic E-state index is 0.0313. The average Bonchev–Trinajstić information content (AvgIpc) is 2.33. The number of aryl methyl sites for hydroxylation is 1. The summed E-state index contributed by atoms with van der Waals surface area (Å²) < 4.78 is 19.4. The molecule has 0 saturated heterocycles. The van der Waals surface area contributed by atoms with Crippen molar-refractivity contribution in [2.45, 2.75) is 13.5 Å². The van der Waals surface area contributed by atoms with Crippen molar-refractivity contribution < 1.29 is 14.2 Å². The molecular weight excluding hydrogens is 299 g/mol. The predicted octanol–water partition coefficient (Wildman–Crippen LogP) is 4.18. The second-order valence-corrected chi connectivity index (χ2v) is 4.78. The fourth-order valence-electron chi connectivity index (χ4n) is 1.57. The normalized spacial score (nSPS) is 10.4. The molecule has 0 atom stereocenters. The molecule has 0 saturated carbocycles. The van der Waals surface area contributed by atoms with Gasteiger partial charge in [0.05, 0.1) is 6.61 Å². The van der Waals surface area contributed by atoms with E-state index in [1.807, 2.05) is 0 Å². The average molecular weight is 311 g/mol. The molecule has 94 valence electrons. The van der Waals surface area contributed by atoms with E-state index in [1.54, 1.807) is 31.2 Å². The van der Waals surface area contributed by atoms with E-state index in [2.05, 4.69) is 15.9 Å². The molecule has 2 nitrogen and oxygen atoms in total. The van der Waals surface area contributed by atoms with Crippen LogP contribution in [0.15, 0.2) is 40.9 Å². The van der Waals surface area contributed by atoms with E-state index in [-0.39, 0.29) is 12.4 Å². The highest BCUT2D eigenvalue weighted by Crippen LogP contribution is 2.29. The lowest BCUT2D eigenvalue weighted by Gasteiger charge is -2.10. The number of hydrogen-bond acceptors (Lipinski definition) is 2. The number of aliphatic hydroxyl groups is 1. The van der Waals surface area contributed by atoms with Crippen molar-refractivity contribution in [1.29, 1.82) is 0 Å². The lowest BCUT2D eigenvalue weighted by atomic mass is 10.2. The Morgan fingerprint density at radius 2 is 2.00 bits per heavy atom. The zero-order chi connectivity index (χ0) is 13.1. The lowest BCUT2D eigenvalue weighted by Crippen LogP contribution is -1.90. The van der Waals surface area contributed by atoms with Gasteiger partial charge in [-0.05, 0) is 48.4 Å². The fourth-order valence-corrected chi connectivity index (χ4v) is 2.06. The topological polar surface area (TPSA) is 29.5 Å². The zero-order valence-electron chi connectivity index (χ0n) is 9.78. The smallest absolute Gasteiger partial charge is 0.130 e. The third-order valence-electron chi connectivity index (χ3n) is 2.56. The van der Waals surface area contributed by atoms with Crippen LogP contribution in [0.5, 0.6) is 11.5 Å². The molecule has 0 spiro atoms. The first kappa shape index (κ1) is 13.1. The molecule has 0 aromatic heterocycles. The van der Waals surface area contributed by atoms with Crippen LogP contribution in [0.3, 0.4) is 0 Å². The van der Waals surface area contributed by atoms with Gasteiger partial charge in [0.25, 0.3) is 0 Å². The first-order valence-electron chi connectivity index (χ1n) is 5.43. The van der Waals surface area contributed by atoms with Crippen molar-refractivity contribution in [1.82, 2.24) is 0 Å². The Morgan fingerprint density at radius 1 is 1.22 bits per heavy atom. The van der Waals surface area contributed by atoms with Gasteiger partial charge in [-0.3, -0.25) is 0 Å². The fraction of sp³-hybridized carbons (Fsp3) is 0.143. The summed E-state index contributed by atoms with van der Waals surface area (Å²) in [7, 11) is 0. The second-order valence-electron chi connectivity index (χ2n) is 3.92. The van der Waals surface area contributed by atoms with Gasteiger partial charge < -0.3 is 9.84 Å². The zero-order valence-corrected chi connectivity index (χ0v) is 11.4. The molecule has 18 heavy (non-hydrogen) atoms. The minimum Gasteiger partial charge on any atom is -0.457 e. The van der Waals surface area contributed by atoms with Crippen LogP contribution in [0.1, 0.15) is 11.1 Å². The maximum absolute atomic E-state index is 13.0. The summed E-state index contributed by atoms with van der Waals surface area (Å²) in [6.45, 7) is 1.76. The molecule has 0 aliphatic rings. The van der Waals surface area contributed by atoms with Gasteiger partial charge in [-0.25, -0.2) is 4.39 Å². The van der Waals surface area contributed by atoms with Crippen LogP contribution in [-0.2, 0) is 6.61 Å². The molecule has 2 aromatic rings. The Bertz CT molecular complexity index is 570. The Balaban J connectivity index is 2.26. The number of hydrogen-bond donors (Lipinski definition) is 1. The van der Waals surface area contributed by atoms with E-state index >= 15 is 0 Å². The third-order valence-corrected chi connectivity index (χ3v) is 3.30. The third kappa shape index (κ3) is 2.89. The number of aliphatic hydroxyl groups excluding tert-OH is 1. The largest absolute Gasteiger partial charge is 0.457 e. The highest BCUT2D eigenvalue weighted by atomic mass is 79.9. The molecule has 2 rings (SSSR count). The van der Waals surface area contributed by atoms with Crippen LogP contribution < -0.4 is 4.74 Å². The quantitative estimate of drug-likeness (QED) is 0.921. The van der Waals surface area contributed by atoms with E-state index in [1.165, 1.54) is 12.1 Å². The SMILES string of the molecule is Cc1cc(F)ccc1Oc1ccc(CO)c(Br)c1. The summed E-state index contributed by atoms with van der Waals surface area (Å²) in [6, 6.07) is 9.69. The molecule has 0 aliphatic carbocycles. The molecule has 0 fully saturated rings. The molecule has 0 unspecified atom stereocenters. The summed E-state index contributed by atoms with van der Waals surface area (Å²) in [6.07, 6.45) is 0. The minimum atomic E-state index is -0.281. The van der Waals surface area contributed by atoms with E-state index in [4.69, 9.17) is 9.84 Å². The van der Waals surface area contributed by atoms with Crippen molar-refractivity contribution in [2.75, 3.05) is 0 Å². The second kappa shape index (κ2) is 5.50. The summed E-state index contributed by atoms with van der Waals surface area (Å²) in [4.78, 5) is 0. The summed E-state index contributed by atoms with van der Waals surface area (Å²) in [5.41, 5.74) is 1.52. The van der Waals surface area contributed by atoms with Crippen molar-refractivity contribution in [3.05, 3.63) is 57.8 Å². The summed E-state index contributed by atoms with van der Waals surface area (Å²) >= 11 is 3.35. The molecule has 0 radical (unpaired) electrons. The van der Waals surface area contributed by atoms with Crippen LogP contribution >= 0.6 is 15.9 Å². The molecule has 4 heteroatoms. The Kier molecular flexibility index (Phi) is 3.99.